The summed E-state index contributed by atoms with van der Waals surface area (Å²) in [5.41, 5.74) is 1.66. The molecule has 4 rings (SSSR count). The monoisotopic (exact) mass is 377 g/mol. The molecule has 3 aromatic rings. The van der Waals surface area contributed by atoms with Gasteiger partial charge < -0.3 is 15.6 Å². The average molecular weight is 377 g/mol. The van der Waals surface area contributed by atoms with Crippen LogP contribution in [0.4, 0.5) is 10.2 Å². The number of aromatic amines is 1. The van der Waals surface area contributed by atoms with E-state index >= 15 is 0 Å². The van der Waals surface area contributed by atoms with Gasteiger partial charge in [-0.05, 0) is 48.2 Å². The maximum Gasteiger partial charge on any atom is 0.255 e. The number of amides is 2. The zero-order valence-corrected chi connectivity index (χ0v) is 14.8. The smallest absolute Gasteiger partial charge is 0.255 e. The fourth-order valence-corrected chi connectivity index (χ4v) is 3.00. The number of rotatable bonds is 5. The Morgan fingerprint density at radius 2 is 2.11 bits per heavy atom. The van der Waals surface area contributed by atoms with Crippen molar-refractivity contribution in [2.75, 3.05) is 11.9 Å². The van der Waals surface area contributed by atoms with Gasteiger partial charge >= 0.3 is 0 Å². The number of aromatic nitrogens is 2. The van der Waals surface area contributed by atoms with Crippen molar-refractivity contribution >= 4 is 28.7 Å². The van der Waals surface area contributed by atoms with Crippen LogP contribution in [0, 0.1) is 23.1 Å². The summed E-state index contributed by atoms with van der Waals surface area (Å²) in [6, 6.07) is 9.54. The van der Waals surface area contributed by atoms with Crippen LogP contribution >= 0.6 is 0 Å². The van der Waals surface area contributed by atoms with Crippen LogP contribution in [-0.2, 0) is 4.79 Å². The number of nitrogens with one attached hydrogen (secondary N) is 3. The summed E-state index contributed by atoms with van der Waals surface area (Å²) >= 11 is 0. The van der Waals surface area contributed by atoms with E-state index in [1.165, 1.54) is 12.1 Å². The highest BCUT2D eigenvalue weighted by Crippen LogP contribution is 2.33. The number of hydrogen-bond acceptors (Lipinski definition) is 4. The first-order valence-electron chi connectivity index (χ1n) is 8.81. The molecule has 0 radical (unpaired) electrons. The van der Waals surface area contributed by atoms with Crippen molar-refractivity contribution in [1.29, 1.82) is 5.26 Å². The minimum Gasteiger partial charge on any atom is -0.346 e. The fraction of sp³-hybridized carbons (Fsp3) is 0.200. The maximum absolute atomic E-state index is 14.5. The minimum absolute atomic E-state index is 0.0354. The van der Waals surface area contributed by atoms with Crippen molar-refractivity contribution < 1.29 is 14.0 Å². The molecule has 3 N–H and O–H groups in total. The number of benzene rings is 1. The van der Waals surface area contributed by atoms with E-state index in [2.05, 4.69) is 20.6 Å². The summed E-state index contributed by atoms with van der Waals surface area (Å²) in [5.74, 6) is -0.993. The lowest BCUT2D eigenvalue weighted by Crippen LogP contribution is -2.24. The number of fused-ring (bicyclic) bond motifs is 1. The number of halogens is 1. The Bertz CT molecular complexity index is 1130. The second-order valence-electron chi connectivity index (χ2n) is 6.59. The SMILES string of the molecule is N#CCNC(=O)c1ccc(-c2cc(NC(=O)C3CC3)nc3[nH]ccc23)cc1F. The fourth-order valence-electron chi connectivity index (χ4n) is 3.00. The first kappa shape index (κ1) is 17.7. The standard InChI is InChI=1S/C20H16FN5O2/c21-16-9-12(3-4-14(16)20(28)24-8-6-22)15-10-17(26-19(27)11-1-2-11)25-18-13(15)5-7-23-18/h3-5,7,9-11H,1-2,8H2,(H,24,28)(H2,23,25,26,27). The molecule has 7 nitrogen and oxygen atoms in total. The van der Waals surface area contributed by atoms with Crippen LogP contribution in [0.2, 0.25) is 0 Å². The van der Waals surface area contributed by atoms with Gasteiger partial charge in [-0.15, -0.1) is 0 Å². The molecule has 2 amide bonds. The molecular formula is C20H16FN5O2. The van der Waals surface area contributed by atoms with Crippen molar-refractivity contribution in [3.8, 4) is 17.2 Å². The summed E-state index contributed by atoms with van der Waals surface area (Å²) in [4.78, 5) is 31.4. The van der Waals surface area contributed by atoms with Crippen molar-refractivity contribution in [1.82, 2.24) is 15.3 Å². The molecule has 1 aromatic carbocycles. The van der Waals surface area contributed by atoms with Crippen LogP contribution in [0.25, 0.3) is 22.2 Å². The lowest BCUT2D eigenvalue weighted by molar-refractivity contribution is -0.117. The van der Waals surface area contributed by atoms with Crippen LogP contribution in [0.3, 0.4) is 0 Å². The van der Waals surface area contributed by atoms with Gasteiger partial charge in [-0.25, -0.2) is 9.37 Å². The van der Waals surface area contributed by atoms with Gasteiger partial charge in [0.05, 0.1) is 11.6 Å². The molecule has 140 valence electrons. The van der Waals surface area contributed by atoms with E-state index in [0.717, 1.165) is 18.2 Å². The zero-order valence-electron chi connectivity index (χ0n) is 14.8. The van der Waals surface area contributed by atoms with Crippen molar-refractivity contribution in [2.45, 2.75) is 12.8 Å². The van der Waals surface area contributed by atoms with E-state index in [0.29, 0.717) is 22.6 Å². The van der Waals surface area contributed by atoms with Crippen molar-refractivity contribution in [3.05, 3.63) is 47.9 Å². The Labute approximate surface area is 159 Å². The third-order valence-electron chi connectivity index (χ3n) is 4.58. The number of nitrogens with zero attached hydrogens (tertiary/aromatic N) is 2. The van der Waals surface area contributed by atoms with Gasteiger partial charge in [-0.1, -0.05) is 6.07 Å². The highest BCUT2D eigenvalue weighted by Gasteiger charge is 2.30. The molecule has 0 spiro atoms. The molecule has 0 aliphatic heterocycles. The van der Waals surface area contributed by atoms with Crippen LogP contribution in [0.1, 0.15) is 23.2 Å². The first-order valence-corrected chi connectivity index (χ1v) is 8.81. The molecule has 1 saturated carbocycles. The van der Waals surface area contributed by atoms with Gasteiger partial charge in [0.2, 0.25) is 5.91 Å². The summed E-state index contributed by atoms with van der Waals surface area (Å²) in [5, 5.41) is 14.4. The third-order valence-corrected chi connectivity index (χ3v) is 4.58. The first-order chi connectivity index (χ1) is 13.6. The zero-order chi connectivity index (χ0) is 19.7. The minimum atomic E-state index is -0.697. The summed E-state index contributed by atoms with van der Waals surface area (Å²) in [7, 11) is 0. The highest BCUT2D eigenvalue weighted by atomic mass is 19.1. The second kappa shape index (κ2) is 7.12. The highest BCUT2D eigenvalue weighted by molar-refractivity contribution is 6.00. The molecule has 28 heavy (non-hydrogen) atoms. The maximum atomic E-state index is 14.5. The van der Waals surface area contributed by atoms with Crippen LogP contribution in [0.5, 0.6) is 0 Å². The van der Waals surface area contributed by atoms with E-state index in [1.807, 2.05) is 6.07 Å². The summed E-state index contributed by atoms with van der Waals surface area (Å²) < 4.78 is 14.5. The molecule has 1 fully saturated rings. The average Bonchev–Trinajstić information content (AvgIpc) is 3.43. The number of pyridine rings is 1. The largest absolute Gasteiger partial charge is 0.346 e. The molecule has 0 atom stereocenters. The van der Waals surface area contributed by atoms with Gasteiger partial charge in [-0.3, -0.25) is 9.59 Å². The Morgan fingerprint density at radius 3 is 2.82 bits per heavy atom. The quantitative estimate of drug-likeness (QED) is 0.594. The lowest BCUT2D eigenvalue weighted by Gasteiger charge is -2.10. The second-order valence-corrected chi connectivity index (χ2v) is 6.59. The van der Waals surface area contributed by atoms with Gasteiger partial charge in [0.15, 0.2) is 0 Å². The predicted molar refractivity (Wildman–Crippen MR) is 101 cm³/mol. The molecule has 1 aliphatic rings. The molecular weight excluding hydrogens is 361 g/mol. The number of nitriles is 1. The summed E-state index contributed by atoms with van der Waals surface area (Å²) in [6.45, 7) is -0.196. The van der Waals surface area contributed by atoms with Gasteiger partial charge in [0.1, 0.15) is 23.8 Å². The molecule has 0 saturated heterocycles. The molecule has 0 unspecified atom stereocenters. The molecule has 2 aromatic heterocycles. The normalized spacial score (nSPS) is 13.1. The Morgan fingerprint density at radius 1 is 1.29 bits per heavy atom. The molecule has 2 heterocycles. The Kier molecular flexibility index (Phi) is 4.49. The number of hydrogen-bond donors (Lipinski definition) is 3. The number of carbonyl (C=O) groups is 2. The van der Waals surface area contributed by atoms with E-state index in [1.54, 1.807) is 24.4 Å². The number of H-pyrrole nitrogens is 1. The predicted octanol–water partition coefficient (Wildman–Crippen LogP) is 2.97. The molecule has 8 heteroatoms. The third kappa shape index (κ3) is 3.42. The van der Waals surface area contributed by atoms with Crippen molar-refractivity contribution in [3.63, 3.8) is 0 Å². The van der Waals surface area contributed by atoms with E-state index in [4.69, 9.17) is 5.26 Å². The number of carbonyl (C=O) groups excluding carboxylic acids is 2. The Hall–Kier alpha value is -3.73. The van der Waals surface area contributed by atoms with Crippen LogP contribution in [-0.4, -0.2) is 28.3 Å². The molecule has 1 aliphatic carbocycles. The van der Waals surface area contributed by atoms with E-state index < -0.39 is 11.7 Å². The van der Waals surface area contributed by atoms with Crippen LogP contribution in [0.15, 0.2) is 36.5 Å². The van der Waals surface area contributed by atoms with Gasteiger partial charge in [0.25, 0.3) is 5.91 Å². The number of anilines is 1. The lowest BCUT2D eigenvalue weighted by atomic mass is 10.0. The summed E-state index contributed by atoms with van der Waals surface area (Å²) in [6.07, 6.45) is 3.47. The van der Waals surface area contributed by atoms with Crippen LogP contribution < -0.4 is 10.6 Å². The Balaban J connectivity index is 1.70. The van der Waals surface area contributed by atoms with Gasteiger partial charge in [-0.2, -0.15) is 5.26 Å². The van der Waals surface area contributed by atoms with Crippen molar-refractivity contribution in [2.24, 2.45) is 5.92 Å². The van der Waals surface area contributed by atoms with E-state index in [-0.39, 0.29) is 23.9 Å². The molecule has 0 bridgehead atoms. The van der Waals surface area contributed by atoms with Gasteiger partial charge in [0, 0.05) is 17.5 Å². The van der Waals surface area contributed by atoms with E-state index in [9.17, 15) is 14.0 Å². The topological polar surface area (TPSA) is 111 Å².